The van der Waals surface area contributed by atoms with Crippen molar-refractivity contribution < 1.29 is 49.8 Å². The van der Waals surface area contributed by atoms with Gasteiger partial charge < -0.3 is 18.2 Å². The molecule has 0 saturated heterocycles. The molecule has 0 bridgehead atoms. The lowest BCUT2D eigenvalue weighted by molar-refractivity contribution is 0.101. The van der Waals surface area contributed by atoms with Crippen molar-refractivity contribution in [1.82, 2.24) is 0 Å². The summed E-state index contributed by atoms with van der Waals surface area (Å²) in [7, 11) is -8.40. The number of ketones is 3. The summed E-state index contributed by atoms with van der Waals surface area (Å²) in [4.78, 5) is 38.0. The van der Waals surface area contributed by atoms with E-state index < -0.39 is 30.9 Å². The molecule has 0 aliphatic heterocycles. The maximum absolute atomic E-state index is 13.2. The smallest absolute Gasteiger partial charge is 0.193 e. The minimum absolute atomic E-state index is 0.0444. The van der Waals surface area contributed by atoms with Crippen LogP contribution >= 0.6 is 0 Å². The zero-order valence-electron chi connectivity index (χ0n) is 38.6. The number of halogens is 2. The topological polar surface area (TPSA) is 166 Å². The molecule has 0 heterocycles. The molecule has 67 heavy (non-hydrogen) atoms. The third-order valence-electron chi connectivity index (χ3n) is 9.64. The molecule has 0 fully saturated rings. The van der Waals surface area contributed by atoms with Crippen LogP contribution in [0.5, 0.6) is 0 Å². The van der Waals surface area contributed by atoms with E-state index in [0.29, 0.717) is 27.8 Å². The van der Waals surface area contributed by atoms with Gasteiger partial charge in [0, 0.05) is 51.8 Å². The van der Waals surface area contributed by atoms with Crippen LogP contribution in [0.2, 0.25) is 0 Å². The molecule has 0 radical (unpaired) electrons. The number of benzene rings is 7. The molecule has 0 atom stereocenters. The Hall–Kier alpha value is -6.19. The van der Waals surface area contributed by atoms with Crippen molar-refractivity contribution in [3.8, 4) is 22.3 Å². The number of Topliss-reactive ketones (excluding diaryl/α,β-unsaturated/α-hetero) is 1. The Balaban J connectivity index is 0.000000281. The first kappa shape index (κ1) is 53.4. The van der Waals surface area contributed by atoms with Crippen LogP contribution in [0.15, 0.2) is 164 Å². The van der Waals surface area contributed by atoms with E-state index in [2.05, 4.69) is 48.5 Å². The van der Waals surface area contributed by atoms with Gasteiger partial charge in [0.1, 0.15) is 11.6 Å². The lowest BCUT2D eigenvalue weighted by Gasteiger charge is -2.26. The number of rotatable bonds is 11. The molecule has 7 rings (SSSR count). The number of carbonyl (C=O) groups is 3. The van der Waals surface area contributed by atoms with E-state index in [9.17, 15) is 31.6 Å². The normalized spacial score (nSPS) is 12.4. The van der Waals surface area contributed by atoms with E-state index in [0.717, 1.165) is 34.8 Å². The van der Waals surface area contributed by atoms with Gasteiger partial charge in [-0.2, -0.15) is 0 Å². The summed E-state index contributed by atoms with van der Waals surface area (Å²) in [6.45, 7) is 8.63. The fourth-order valence-corrected chi connectivity index (χ4v) is 10.2. The van der Waals surface area contributed by atoms with E-state index in [1.807, 2.05) is 30.3 Å². The highest BCUT2D eigenvalue weighted by Crippen LogP contribution is 2.31. The molecule has 9 nitrogen and oxygen atoms in total. The van der Waals surface area contributed by atoms with Crippen LogP contribution in [0.1, 0.15) is 76.8 Å². The van der Waals surface area contributed by atoms with Gasteiger partial charge in [-0.15, -0.1) is 0 Å². The van der Waals surface area contributed by atoms with Gasteiger partial charge in [-0.05, 0) is 106 Å². The van der Waals surface area contributed by atoms with Crippen molar-refractivity contribution in [2.24, 2.45) is 11.8 Å². The second-order valence-electron chi connectivity index (χ2n) is 17.5. The summed E-state index contributed by atoms with van der Waals surface area (Å²) in [6.07, 6.45) is 1.94. The van der Waals surface area contributed by atoms with Gasteiger partial charge in [0.25, 0.3) is 0 Å². The zero-order valence-corrected chi connectivity index (χ0v) is 40.2. The van der Waals surface area contributed by atoms with E-state index in [-0.39, 0.29) is 40.7 Å². The Morgan fingerprint density at radius 2 is 0.761 bits per heavy atom. The van der Waals surface area contributed by atoms with Crippen molar-refractivity contribution in [3.05, 3.63) is 203 Å². The lowest BCUT2D eigenvalue weighted by Crippen LogP contribution is -2.35. The van der Waals surface area contributed by atoms with Crippen LogP contribution in [0, 0.1) is 23.5 Å². The summed E-state index contributed by atoms with van der Waals surface area (Å²) < 4.78 is 82.8. The molecule has 4 N–H and O–H groups in total. The number of hydrogen-bond donors (Lipinski definition) is 4. The first-order valence-corrected chi connectivity index (χ1v) is 26.2. The molecule has 7 aromatic carbocycles. The first-order valence-electron chi connectivity index (χ1n) is 21.3. The zero-order chi connectivity index (χ0) is 49.8. The highest BCUT2D eigenvalue weighted by atomic mass is 32.3. The van der Waals surface area contributed by atoms with E-state index in [1.165, 1.54) is 66.2 Å². The maximum Gasteiger partial charge on any atom is 0.193 e. The third-order valence-corrected chi connectivity index (χ3v) is 12.5. The van der Waals surface area contributed by atoms with Crippen LogP contribution in [-0.4, -0.2) is 68.0 Å². The molecular weight excluding hydrogens is 895 g/mol. The van der Waals surface area contributed by atoms with Crippen LogP contribution in [0.3, 0.4) is 0 Å². The van der Waals surface area contributed by atoms with Gasteiger partial charge in [-0.3, -0.25) is 14.4 Å². The molecule has 0 aliphatic rings. The molecule has 7 aromatic rings. The quantitative estimate of drug-likeness (QED) is 0.0923. The monoisotopic (exact) mass is 952 g/mol. The van der Waals surface area contributed by atoms with E-state index >= 15 is 0 Å². The molecule has 0 amide bonds. The SMILES string of the molecule is CC(=O)c1cc(-c2ccc(C(=O)c3ccc(F)cc3)cc2)ccc1-c1ccc(C(=O)c2ccc(F)cc2)cc1.CC(C)CS(C)(=O)(O)O.CC(C)CS(C)(=O)(O)O.c1ccc2ccccc2c1. The Labute approximate surface area is 391 Å². The Morgan fingerprint density at radius 3 is 1.04 bits per heavy atom. The van der Waals surface area contributed by atoms with E-state index in [1.54, 1.807) is 64.1 Å². The molecule has 0 saturated carbocycles. The predicted molar refractivity (Wildman–Crippen MR) is 269 cm³/mol. The highest BCUT2D eigenvalue weighted by molar-refractivity contribution is 8.09. The second kappa shape index (κ2) is 22.1. The van der Waals surface area contributed by atoms with Crippen LogP contribution in [0.4, 0.5) is 8.78 Å². The van der Waals surface area contributed by atoms with Gasteiger partial charge in [-0.25, -0.2) is 17.2 Å². The largest absolute Gasteiger partial charge is 0.308 e. The number of fused-ring (bicyclic) bond motifs is 1. The molecule has 0 spiro atoms. The molecule has 0 unspecified atom stereocenters. The summed E-state index contributed by atoms with van der Waals surface area (Å²) in [5.41, 5.74) is 5.41. The van der Waals surface area contributed by atoms with Gasteiger partial charge in [0.05, 0.1) is 19.3 Å². The van der Waals surface area contributed by atoms with Gasteiger partial charge in [0.2, 0.25) is 0 Å². The average Bonchev–Trinajstić information content (AvgIpc) is 3.25. The maximum atomic E-state index is 13.2. The molecular formula is C54H58F2O9S2. The molecule has 13 heteroatoms. The second-order valence-corrected chi connectivity index (χ2v) is 23.8. The van der Waals surface area contributed by atoms with Crippen molar-refractivity contribution in [1.29, 1.82) is 0 Å². The summed E-state index contributed by atoms with van der Waals surface area (Å²) in [5.74, 6) is -1.34. The van der Waals surface area contributed by atoms with Crippen LogP contribution in [0.25, 0.3) is 33.0 Å². The van der Waals surface area contributed by atoms with Gasteiger partial charge >= 0.3 is 0 Å². The fourth-order valence-electron chi connectivity index (χ4n) is 7.09. The Bertz CT molecular complexity index is 2830. The van der Waals surface area contributed by atoms with Crippen LogP contribution in [-0.2, 0) is 19.3 Å². The van der Waals surface area contributed by atoms with E-state index in [4.69, 9.17) is 18.2 Å². The predicted octanol–water partition coefficient (Wildman–Crippen LogP) is 12.9. The fraction of sp³-hybridized carbons (Fsp3) is 0.204. The number of hydrogen-bond acceptors (Lipinski definition) is 5. The van der Waals surface area contributed by atoms with Gasteiger partial charge in [-0.1, -0.05) is 137 Å². The van der Waals surface area contributed by atoms with Gasteiger partial charge in [0.15, 0.2) is 17.3 Å². The summed E-state index contributed by atoms with van der Waals surface area (Å²) in [6, 6.07) is 47.1. The molecule has 0 aromatic heterocycles. The molecule has 0 aliphatic carbocycles. The van der Waals surface area contributed by atoms with Crippen molar-refractivity contribution in [2.75, 3.05) is 24.0 Å². The van der Waals surface area contributed by atoms with Crippen molar-refractivity contribution in [2.45, 2.75) is 34.6 Å². The average molecular weight is 953 g/mol. The minimum atomic E-state index is -4.20. The van der Waals surface area contributed by atoms with Crippen molar-refractivity contribution in [3.63, 3.8) is 0 Å². The summed E-state index contributed by atoms with van der Waals surface area (Å²) >= 11 is 0. The van der Waals surface area contributed by atoms with Crippen LogP contribution < -0.4 is 0 Å². The highest BCUT2D eigenvalue weighted by Gasteiger charge is 2.24. The first-order chi connectivity index (χ1) is 31.1. The Kier molecular flexibility index (Phi) is 17.6. The third kappa shape index (κ3) is 18.2. The minimum Gasteiger partial charge on any atom is -0.308 e. The van der Waals surface area contributed by atoms with Crippen molar-refractivity contribution >= 4 is 47.4 Å². The Morgan fingerprint density at radius 1 is 0.463 bits per heavy atom. The standard InChI is InChI=1S/C34H22F2O3.C10H8.2C5H14O3S/c1-21(37)32-20-28(22-2-6-24(7-3-22)33(38)26-10-15-29(35)16-11-26)14-19-31(32)23-4-8-25(9-5-23)34(39)27-12-17-30(36)18-13-27;1-2-6-10-8-4-3-7-9(10)5-1;2*1-5(2)4-9(3,6,7)8/h2-20H,1H3;1-8H;2*5H,4H2,1-3H3,(H2,6,7,8). The molecule has 354 valence electrons. The summed E-state index contributed by atoms with van der Waals surface area (Å²) in [5, 5.41) is 2.62. The number of carbonyl (C=O) groups excluding carboxylic acids is 3. The lowest BCUT2D eigenvalue weighted by atomic mass is 9.91.